The minimum Gasteiger partial charge on any atom is -0.385 e. The van der Waals surface area contributed by atoms with Crippen molar-refractivity contribution >= 4 is 28.4 Å². The van der Waals surface area contributed by atoms with Gasteiger partial charge in [-0.3, -0.25) is 4.79 Å². The van der Waals surface area contributed by atoms with Crippen LogP contribution in [0.5, 0.6) is 0 Å². The van der Waals surface area contributed by atoms with Gasteiger partial charge in [0.2, 0.25) is 0 Å². The summed E-state index contributed by atoms with van der Waals surface area (Å²) < 4.78 is 1.84. The van der Waals surface area contributed by atoms with Gasteiger partial charge in [-0.25, -0.2) is 0 Å². The molecule has 0 radical (unpaired) electrons. The van der Waals surface area contributed by atoms with Crippen molar-refractivity contribution in [1.29, 1.82) is 0 Å². The molecule has 0 fully saturated rings. The molecule has 0 bridgehead atoms. The summed E-state index contributed by atoms with van der Waals surface area (Å²) in [5.74, 6) is 0.00866. The van der Waals surface area contributed by atoms with Crippen LogP contribution in [0.25, 0.3) is 0 Å². The van der Waals surface area contributed by atoms with Gasteiger partial charge in [0, 0.05) is 6.42 Å². The fraction of sp³-hybridized carbons (Fsp3) is 0.375. The van der Waals surface area contributed by atoms with Crippen LogP contribution in [0.4, 0.5) is 0 Å². The molecule has 0 aliphatic heterocycles. The van der Waals surface area contributed by atoms with Gasteiger partial charge in [0.05, 0.1) is 5.60 Å². The van der Waals surface area contributed by atoms with Crippen molar-refractivity contribution in [2.75, 3.05) is 0 Å². The lowest BCUT2D eigenvalue weighted by Gasteiger charge is -2.16. The molecule has 0 saturated carbocycles. The van der Waals surface area contributed by atoms with E-state index in [1.54, 1.807) is 6.08 Å². The third-order valence-corrected chi connectivity index (χ3v) is 2.13. The molecule has 1 aliphatic rings. The molecule has 0 aromatic heterocycles. The van der Waals surface area contributed by atoms with Gasteiger partial charge < -0.3 is 5.11 Å². The second-order valence-electron chi connectivity index (χ2n) is 2.65. The van der Waals surface area contributed by atoms with Gasteiger partial charge in [-0.05, 0) is 22.7 Å². The van der Waals surface area contributed by atoms with Crippen LogP contribution in [0.3, 0.4) is 0 Å². The van der Waals surface area contributed by atoms with E-state index < -0.39 is 5.60 Å². The van der Waals surface area contributed by atoms with Crippen molar-refractivity contribution in [1.82, 2.24) is 0 Å². The number of rotatable bonds is 2. The molecule has 0 unspecified atom stereocenters. The number of halogens is 1. The molecule has 0 amide bonds. The van der Waals surface area contributed by atoms with E-state index in [1.807, 2.05) is 10.2 Å². The Balaban J connectivity index is 2.56. The Labute approximate surface area is 79.1 Å². The summed E-state index contributed by atoms with van der Waals surface area (Å²) >= 11 is 2.09. The zero-order valence-electron chi connectivity index (χ0n) is 5.96. The van der Waals surface area contributed by atoms with Crippen LogP contribution in [-0.4, -0.2) is 16.5 Å². The van der Waals surface area contributed by atoms with Crippen LogP contribution in [-0.2, 0) is 4.79 Å². The number of ketones is 1. The Morgan fingerprint density at radius 2 is 2.55 bits per heavy atom. The lowest BCUT2D eigenvalue weighted by molar-refractivity contribution is -0.116. The third kappa shape index (κ3) is 2.41. The van der Waals surface area contributed by atoms with Crippen molar-refractivity contribution in [3.05, 3.63) is 22.3 Å². The average Bonchev–Trinajstić information content (AvgIpc) is 2.28. The van der Waals surface area contributed by atoms with E-state index in [1.165, 1.54) is 6.08 Å². The lowest BCUT2D eigenvalue weighted by Crippen LogP contribution is -2.23. The van der Waals surface area contributed by atoms with Crippen molar-refractivity contribution in [2.24, 2.45) is 0 Å². The average molecular weight is 264 g/mol. The van der Waals surface area contributed by atoms with E-state index >= 15 is 0 Å². The molecule has 3 heteroatoms. The van der Waals surface area contributed by atoms with E-state index in [0.717, 1.165) is 0 Å². The van der Waals surface area contributed by atoms with Gasteiger partial charge in [-0.15, -0.1) is 0 Å². The summed E-state index contributed by atoms with van der Waals surface area (Å²) in [6, 6.07) is 0. The van der Waals surface area contributed by atoms with Crippen molar-refractivity contribution < 1.29 is 9.90 Å². The highest BCUT2D eigenvalue weighted by molar-refractivity contribution is 14.1. The van der Waals surface area contributed by atoms with Crippen LogP contribution in [0, 0.1) is 0 Å². The van der Waals surface area contributed by atoms with Gasteiger partial charge in [-0.2, -0.15) is 0 Å². The van der Waals surface area contributed by atoms with Crippen LogP contribution in [0.2, 0.25) is 0 Å². The Morgan fingerprint density at radius 3 is 3.00 bits per heavy atom. The quantitative estimate of drug-likeness (QED) is 0.769. The molecule has 0 aromatic carbocycles. The van der Waals surface area contributed by atoms with Crippen LogP contribution in [0.15, 0.2) is 22.3 Å². The molecule has 11 heavy (non-hydrogen) atoms. The van der Waals surface area contributed by atoms with Crippen LogP contribution in [0.1, 0.15) is 12.8 Å². The molecule has 0 heterocycles. The second kappa shape index (κ2) is 3.49. The first kappa shape index (κ1) is 8.93. The lowest BCUT2D eigenvalue weighted by atomic mass is 9.99. The predicted octanol–water partition coefficient (Wildman–Crippen LogP) is 1.59. The third-order valence-electron chi connectivity index (χ3n) is 1.62. The van der Waals surface area contributed by atoms with Crippen molar-refractivity contribution in [3.63, 3.8) is 0 Å². The van der Waals surface area contributed by atoms with Gasteiger partial charge in [0.25, 0.3) is 0 Å². The first-order chi connectivity index (χ1) is 5.16. The number of allylic oxidation sites excluding steroid dienone is 1. The number of aliphatic hydroxyl groups is 1. The predicted molar refractivity (Wildman–Crippen MR) is 51.5 cm³/mol. The molecule has 1 rings (SSSR count). The maximum absolute atomic E-state index is 10.7. The number of carbonyl (C=O) groups is 1. The SMILES string of the molecule is O=C1C=C[C@@](O)(CC=CI)C1. The summed E-state index contributed by atoms with van der Waals surface area (Å²) in [5.41, 5.74) is -0.904. The normalized spacial score (nSPS) is 30.5. The molecule has 1 aliphatic carbocycles. The highest BCUT2D eigenvalue weighted by Gasteiger charge is 2.29. The fourth-order valence-corrected chi connectivity index (χ4v) is 1.31. The Kier molecular flexibility index (Phi) is 2.84. The van der Waals surface area contributed by atoms with Gasteiger partial charge in [0.1, 0.15) is 0 Å². The van der Waals surface area contributed by atoms with Crippen molar-refractivity contribution in [3.8, 4) is 0 Å². The molecular formula is C8H9IO2. The minimum atomic E-state index is -0.904. The molecule has 0 aromatic rings. The van der Waals surface area contributed by atoms with E-state index in [0.29, 0.717) is 6.42 Å². The Hall–Kier alpha value is -0.160. The zero-order chi connectivity index (χ0) is 8.32. The monoisotopic (exact) mass is 264 g/mol. The second-order valence-corrected chi connectivity index (χ2v) is 3.36. The molecule has 1 atom stereocenters. The highest BCUT2D eigenvalue weighted by Crippen LogP contribution is 2.24. The number of hydrogen-bond acceptors (Lipinski definition) is 2. The van der Waals surface area contributed by atoms with Crippen LogP contribution >= 0.6 is 22.6 Å². The molecular weight excluding hydrogens is 255 g/mol. The van der Waals surface area contributed by atoms with E-state index in [9.17, 15) is 9.90 Å². The number of carbonyl (C=O) groups excluding carboxylic acids is 1. The standard InChI is InChI=1S/C8H9IO2/c9-5-1-3-8(11)4-2-7(10)6-8/h1-2,4-5,11H,3,6H2/t8-/m0/s1. The maximum Gasteiger partial charge on any atom is 0.158 e. The summed E-state index contributed by atoms with van der Waals surface area (Å²) in [7, 11) is 0. The van der Waals surface area contributed by atoms with Gasteiger partial charge in [-0.1, -0.05) is 28.7 Å². The molecule has 2 nitrogen and oxygen atoms in total. The fourth-order valence-electron chi connectivity index (χ4n) is 1.06. The molecule has 1 N–H and O–H groups in total. The van der Waals surface area contributed by atoms with Crippen LogP contribution < -0.4 is 0 Å². The maximum atomic E-state index is 10.7. The highest BCUT2D eigenvalue weighted by atomic mass is 127. The van der Waals surface area contributed by atoms with E-state index in [-0.39, 0.29) is 12.2 Å². The first-order valence-corrected chi connectivity index (χ1v) is 4.60. The molecule has 60 valence electrons. The summed E-state index contributed by atoms with van der Waals surface area (Å²) in [6.07, 6.45) is 5.63. The van der Waals surface area contributed by atoms with Crippen molar-refractivity contribution in [2.45, 2.75) is 18.4 Å². The topological polar surface area (TPSA) is 37.3 Å². The summed E-state index contributed by atoms with van der Waals surface area (Å²) in [5, 5.41) is 9.63. The van der Waals surface area contributed by atoms with Gasteiger partial charge >= 0.3 is 0 Å². The minimum absolute atomic E-state index is 0.00866. The largest absolute Gasteiger partial charge is 0.385 e. The van der Waals surface area contributed by atoms with E-state index in [4.69, 9.17) is 0 Å². The smallest absolute Gasteiger partial charge is 0.158 e. The Bertz CT molecular complexity index is 220. The molecule has 0 saturated heterocycles. The summed E-state index contributed by atoms with van der Waals surface area (Å²) in [4.78, 5) is 10.7. The van der Waals surface area contributed by atoms with E-state index in [2.05, 4.69) is 22.6 Å². The Morgan fingerprint density at radius 1 is 1.82 bits per heavy atom. The van der Waals surface area contributed by atoms with Gasteiger partial charge in [0.15, 0.2) is 5.78 Å². The molecule has 0 spiro atoms. The first-order valence-electron chi connectivity index (χ1n) is 3.36. The summed E-state index contributed by atoms with van der Waals surface area (Å²) in [6.45, 7) is 0. The zero-order valence-corrected chi connectivity index (χ0v) is 8.11. The number of hydrogen-bond donors (Lipinski definition) is 1.